The van der Waals surface area contributed by atoms with Crippen LogP contribution in [-0.4, -0.2) is 29.3 Å². The largest absolute Gasteiger partial charge is 0.490 e. The monoisotopic (exact) mass is 320 g/mol. The maximum Gasteiger partial charge on any atom is 0.274 e. The van der Waals surface area contributed by atoms with Crippen LogP contribution in [0.25, 0.3) is 0 Å². The molecule has 1 atom stereocenters. The van der Waals surface area contributed by atoms with Crippen LogP contribution in [-0.2, 0) is 0 Å². The molecule has 7 heteroatoms. The Hall–Kier alpha value is -2.34. The summed E-state index contributed by atoms with van der Waals surface area (Å²) in [4.78, 5) is 28.6. The molecule has 2 heterocycles. The zero-order chi connectivity index (χ0) is 15.9. The summed E-state index contributed by atoms with van der Waals surface area (Å²) in [5.74, 6) is 0.554. The Bertz CT molecular complexity index is 769. The third kappa shape index (κ3) is 2.57. The van der Waals surface area contributed by atoms with Gasteiger partial charge in [0.1, 0.15) is 24.2 Å². The van der Waals surface area contributed by atoms with Crippen molar-refractivity contribution in [2.24, 2.45) is 0 Å². The van der Waals surface area contributed by atoms with E-state index >= 15 is 0 Å². The Labute approximate surface area is 131 Å². The highest BCUT2D eigenvalue weighted by molar-refractivity contribution is 6.31. The summed E-state index contributed by atoms with van der Waals surface area (Å²) in [5.41, 5.74) is 0.527. The van der Waals surface area contributed by atoms with E-state index in [1.165, 1.54) is 6.07 Å². The van der Waals surface area contributed by atoms with Gasteiger partial charge in [-0.3, -0.25) is 9.59 Å². The SMILES string of the molecule is Cc1nc(C(=O)NC2COc3ccc(Cl)cc3C2=O)c(C)o1. The molecule has 0 fully saturated rings. The zero-order valence-electron chi connectivity index (χ0n) is 12.0. The second-order valence-electron chi connectivity index (χ2n) is 4.98. The fourth-order valence-electron chi connectivity index (χ4n) is 2.33. The van der Waals surface area contributed by atoms with Gasteiger partial charge < -0.3 is 14.5 Å². The third-order valence-electron chi connectivity index (χ3n) is 3.35. The molecule has 1 aliphatic rings. The number of hydrogen-bond acceptors (Lipinski definition) is 5. The number of aromatic nitrogens is 1. The van der Waals surface area contributed by atoms with Crippen molar-refractivity contribution in [3.63, 3.8) is 0 Å². The first-order chi connectivity index (χ1) is 10.5. The van der Waals surface area contributed by atoms with Crippen molar-refractivity contribution < 1.29 is 18.7 Å². The lowest BCUT2D eigenvalue weighted by atomic mass is 10.0. The summed E-state index contributed by atoms with van der Waals surface area (Å²) in [5, 5.41) is 3.06. The van der Waals surface area contributed by atoms with Crippen LogP contribution in [0.4, 0.5) is 0 Å². The number of nitrogens with one attached hydrogen (secondary N) is 1. The van der Waals surface area contributed by atoms with Gasteiger partial charge in [-0.2, -0.15) is 0 Å². The minimum absolute atomic E-state index is 0.0646. The second-order valence-corrected chi connectivity index (χ2v) is 5.42. The number of halogens is 1. The molecule has 0 saturated carbocycles. The van der Waals surface area contributed by atoms with Crippen LogP contribution in [0.3, 0.4) is 0 Å². The van der Waals surface area contributed by atoms with E-state index in [1.807, 2.05) is 0 Å². The lowest BCUT2D eigenvalue weighted by Crippen LogP contribution is -2.47. The number of rotatable bonds is 2. The van der Waals surface area contributed by atoms with E-state index in [0.717, 1.165) is 0 Å². The standard InChI is InChI=1S/C15H13ClN2O4/c1-7-13(17-8(2)22-7)15(20)18-11-6-21-12-4-3-9(16)5-10(12)14(11)19/h3-5,11H,6H2,1-2H3,(H,18,20). The molecule has 6 nitrogen and oxygen atoms in total. The smallest absolute Gasteiger partial charge is 0.274 e. The molecule has 0 spiro atoms. The molecule has 2 aromatic rings. The number of fused-ring (bicyclic) bond motifs is 1. The zero-order valence-corrected chi connectivity index (χ0v) is 12.7. The first-order valence-corrected chi connectivity index (χ1v) is 7.05. The van der Waals surface area contributed by atoms with Gasteiger partial charge in [-0.1, -0.05) is 11.6 Å². The number of ketones is 1. The van der Waals surface area contributed by atoms with Crippen LogP contribution >= 0.6 is 11.6 Å². The Kier molecular flexibility index (Phi) is 3.62. The number of carbonyl (C=O) groups excluding carboxylic acids is 2. The summed E-state index contributed by atoms with van der Waals surface area (Å²) in [7, 11) is 0. The van der Waals surface area contributed by atoms with Gasteiger partial charge in [0, 0.05) is 11.9 Å². The molecule has 3 rings (SSSR count). The van der Waals surface area contributed by atoms with Crippen LogP contribution in [0.2, 0.25) is 5.02 Å². The van der Waals surface area contributed by atoms with Gasteiger partial charge in [0.15, 0.2) is 17.4 Å². The number of hydrogen-bond donors (Lipinski definition) is 1. The maximum absolute atomic E-state index is 12.4. The van der Waals surface area contributed by atoms with Crippen molar-refractivity contribution in [3.8, 4) is 5.75 Å². The Morgan fingerprint density at radius 1 is 1.41 bits per heavy atom. The number of aryl methyl sites for hydroxylation is 2. The van der Waals surface area contributed by atoms with Gasteiger partial charge in [0.05, 0.1) is 5.56 Å². The third-order valence-corrected chi connectivity index (χ3v) is 3.59. The van der Waals surface area contributed by atoms with Gasteiger partial charge in [0.25, 0.3) is 5.91 Å². The molecular formula is C15H13ClN2O4. The second kappa shape index (κ2) is 5.46. The van der Waals surface area contributed by atoms with E-state index in [4.69, 9.17) is 20.8 Å². The number of ether oxygens (including phenoxy) is 1. The molecule has 0 radical (unpaired) electrons. The fourth-order valence-corrected chi connectivity index (χ4v) is 2.50. The number of carbonyl (C=O) groups is 2. The van der Waals surface area contributed by atoms with Crippen molar-refractivity contribution in [1.29, 1.82) is 0 Å². The number of nitrogens with zero attached hydrogens (tertiary/aromatic N) is 1. The summed E-state index contributed by atoms with van der Waals surface area (Å²) >= 11 is 5.90. The summed E-state index contributed by atoms with van der Waals surface area (Å²) < 4.78 is 10.7. The predicted octanol–water partition coefficient (Wildman–Crippen LogP) is 2.32. The molecule has 114 valence electrons. The molecule has 1 aliphatic heterocycles. The van der Waals surface area contributed by atoms with E-state index in [0.29, 0.717) is 28.0 Å². The van der Waals surface area contributed by atoms with Crippen LogP contribution < -0.4 is 10.1 Å². The molecule has 0 bridgehead atoms. The van der Waals surface area contributed by atoms with Crippen molar-refractivity contribution in [1.82, 2.24) is 10.3 Å². The molecule has 1 N–H and O–H groups in total. The van der Waals surface area contributed by atoms with E-state index in [9.17, 15) is 9.59 Å². The van der Waals surface area contributed by atoms with E-state index in [2.05, 4.69) is 10.3 Å². The normalized spacial score (nSPS) is 16.9. The van der Waals surface area contributed by atoms with Gasteiger partial charge >= 0.3 is 0 Å². The van der Waals surface area contributed by atoms with Crippen molar-refractivity contribution in [3.05, 3.63) is 46.1 Å². The Balaban J connectivity index is 1.81. The molecule has 22 heavy (non-hydrogen) atoms. The quantitative estimate of drug-likeness (QED) is 0.918. The number of oxazole rings is 1. The summed E-state index contributed by atoms with van der Waals surface area (Å²) in [6, 6.07) is 4.03. The molecule has 0 aliphatic carbocycles. The van der Waals surface area contributed by atoms with Crippen LogP contribution in [0, 0.1) is 13.8 Å². The highest BCUT2D eigenvalue weighted by Gasteiger charge is 2.31. The molecule has 1 aromatic heterocycles. The first kappa shape index (κ1) is 14.6. The summed E-state index contributed by atoms with van der Waals surface area (Å²) in [6.07, 6.45) is 0. The molecular weight excluding hydrogens is 308 g/mol. The number of benzene rings is 1. The van der Waals surface area contributed by atoms with Crippen molar-refractivity contribution in [2.75, 3.05) is 6.61 Å². The van der Waals surface area contributed by atoms with Crippen molar-refractivity contribution >= 4 is 23.3 Å². The minimum atomic E-state index is -0.783. The lowest BCUT2D eigenvalue weighted by molar-refractivity contribution is 0.0792. The van der Waals surface area contributed by atoms with Gasteiger partial charge in [-0.15, -0.1) is 0 Å². The van der Waals surface area contributed by atoms with Gasteiger partial charge in [-0.05, 0) is 25.1 Å². The first-order valence-electron chi connectivity index (χ1n) is 6.67. The topological polar surface area (TPSA) is 81.4 Å². The average Bonchev–Trinajstić information content (AvgIpc) is 2.81. The van der Waals surface area contributed by atoms with Crippen LogP contribution in [0.5, 0.6) is 5.75 Å². The van der Waals surface area contributed by atoms with E-state index in [-0.39, 0.29) is 18.1 Å². The van der Waals surface area contributed by atoms with Crippen LogP contribution in [0.15, 0.2) is 22.6 Å². The molecule has 0 saturated heterocycles. The Morgan fingerprint density at radius 3 is 2.86 bits per heavy atom. The highest BCUT2D eigenvalue weighted by atomic mass is 35.5. The predicted molar refractivity (Wildman–Crippen MR) is 78.5 cm³/mol. The van der Waals surface area contributed by atoms with Crippen molar-refractivity contribution in [2.45, 2.75) is 19.9 Å². The average molecular weight is 321 g/mol. The summed E-state index contributed by atoms with van der Waals surface area (Å²) in [6.45, 7) is 3.36. The highest BCUT2D eigenvalue weighted by Crippen LogP contribution is 2.27. The van der Waals surface area contributed by atoms with E-state index < -0.39 is 11.9 Å². The molecule has 1 aromatic carbocycles. The van der Waals surface area contributed by atoms with Crippen LogP contribution in [0.1, 0.15) is 32.5 Å². The van der Waals surface area contributed by atoms with E-state index in [1.54, 1.807) is 26.0 Å². The lowest BCUT2D eigenvalue weighted by Gasteiger charge is -2.24. The minimum Gasteiger partial charge on any atom is -0.490 e. The fraction of sp³-hybridized carbons (Fsp3) is 0.267. The Morgan fingerprint density at radius 2 is 2.18 bits per heavy atom. The van der Waals surface area contributed by atoms with Gasteiger partial charge in [0.2, 0.25) is 0 Å². The maximum atomic E-state index is 12.4. The molecule has 1 amide bonds. The number of Topliss-reactive ketones (excluding diaryl/α,β-unsaturated/α-hetero) is 1. The number of amides is 1. The van der Waals surface area contributed by atoms with Gasteiger partial charge in [-0.25, -0.2) is 4.98 Å². The molecule has 1 unspecified atom stereocenters.